The molecule has 0 atom stereocenters. The Morgan fingerprint density at radius 2 is 1.59 bits per heavy atom. The summed E-state index contributed by atoms with van der Waals surface area (Å²) in [4.78, 5) is 0. The molecule has 0 radical (unpaired) electrons. The molecule has 0 saturated heterocycles. The van der Waals surface area contributed by atoms with Crippen molar-refractivity contribution in [2.45, 2.75) is 19.7 Å². The minimum absolute atomic E-state index is 0.269. The van der Waals surface area contributed by atoms with E-state index in [1.165, 1.54) is 12.1 Å². The lowest BCUT2D eigenvalue weighted by molar-refractivity contribution is 0.280. The third-order valence-electron chi connectivity index (χ3n) is 4.49. The zero-order valence-electron chi connectivity index (χ0n) is 16.4. The molecule has 0 fully saturated rings. The highest BCUT2D eigenvalue weighted by Gasteiger charge is 2.15. The lowest BCUT2D eigenvalue weighted by Crippen LogP contribution is -2.15. The second kappa shape index (κ2) is 10.3. The van der Waals surface area contributed by atoms with Gasteiger partial charge in [0.05, 0.1) is 14.2 Å². The monoisotopic (exact) mass is 459 g/mol. The van der Waals surface area contributed by atoms with Gasteiger partial charge in [-0.2, -0.15) is 0 Å². The van der Waals surface area contributed by atoms with Crippen molar-refractivity contribution in [1.29, 1.82) is 0 Å². The highest BCUT2D eigenvalue weighted by atomic mass is 79.9. The summed E-state index contributed by atoms with van der Waals surface area (Å²) < 4.78 is 31.0. The van der Waals surface area contributed by atoms with E-state index in [1.54, 1.807) is 26.4 Å². The number of para-hydroxylation sites is 1. The second-order valence-electron chi connectivity index (χ2n) is 6.39. The van der Waals surface area contributed by atoms with Crippen LogP contribution in [0, 0.1) is 5.82 Å². The lowest BCUT2D eigenvalue weighted by Gasteiger charge is -2.17. The highest BCUT2D eigenvalue weighted by Crippen LogP contribution is 2.37. The predicted molar refractivity (Wildman–Crippen MR) is 115 cm³/mol. The molecule has 0 bridgehead atoms. The standard InChI is InChI=1S/C23H23BrFNO3/c1-27-21-6-4-3-5-17(21)13-26-14-19-20(24)11-12-22(28-2)23(19)29-15-16-7-9-18(25)10-8-16/h3-12,26H,13-15H2,1-2H3. The maximum atomic E-state index is 13.1. The molecule has 0 aromatic heterocycles. The van der Waals surface area contributed by atoms with Gasteiger partial charge in [-0.1, -0.05) is 46.3 Å². The van der Waals surface area contributed by atoms with Crippen LogP contribution in [0.5, 0.6) is 17.2 Å². The summed E-state index contributed by atoms with van der Waals surface area (Å²) in [6.45, 7) is 1.52. The summed E-state index contributed by atoms with van der Waals surface area (Å²) >= 11 is 3.61. The number of methoxy groups -OCH3 is 2. The third kappa shape index (κ3) is 5.49. The maximum absolute atomic E-state index is 13.1. The van der Waals surface area contributed by atoms with Gasteiger partial charge in [0.1, 0.15) is 18.2 Å². The Bertz CT molecular complexity index is 947. The average molecular weight is 460 g/mol. The van der Waals surface area contributed by atoms with E-state index in [9.17, 15) is 4.39 Å². The Morgan fingerprint density at radius 3 is 2.31 bits per heavy atom. The summed E-state index contributed by atoms with van der Waals surface area (Å²) in [7, 11) is 3.28. The molecule has 6 heteroatoms. The zero-order valence-corrected chi connectivity index (χ0v) is 18.0. The van der Waals surface area contributed by atoms with Crippen LogP contribution in [-0.2, 0) is 19.7 Å². The number of hydrogen-bond donors (Lipinski definition) is 1. The molecular weight excluding hydrogens is 437 g/mol. The molecule has 0 aliphatic rings. The molecule has 4 nitrogen and oxygen atoms in total. The van der Waals surface area contributed by atoms with E-state index in [1.807, 2.05) is 36.4 Å². The molecule has 3 rings (SSSR count). The van der Waals surface area contributed by atoms with Gasteiger partial charge in [0, 0.05) is 28.7 Å². The Morgan fingerprint density at radius 1 is 0.862 bits per heavy atom. The van der Waals surface area contributed by atoms with Gasteiger partial charge >= 0.3 is 0 Å². The fourth-order valence-electron chi connectivity index (χ4n) is 2.97. The molecule has 29 heavy (non-hydrogen) atoms. The van der Waals surface area contributed by atoms with Crippen molar-refractivity contribution < 1.29 is 18.6 Å². The Balaban J connectivity index is 1.75. The molecule has 3 aromatic carbocycles. The molecule has 0 saturated carbocycles. The molecule has 1 N–H and O–H groups in total. The zero-order chi connectivity index (χ0) is 20.6. The van der Waals surface area contributed by atoms with Crippen LogP contribution in [0.4, 0.5) is 4.39 Å². The largest absolute Gasteiger partial charge is 0.496 e. The Labute approximate surface area is 178 Å². The van der Waals surface area contributed by atoms with Crippen LogP contribution >= 0.6 is 15.9 Å². The number of ether oxygens (including phenoxy) is 3. The van der Waals surface area contributed by atoms with E-state index < -0.39 is 0 Å². The molecule has 0 aliphatic heterocycles. The van der Waals surface area contributed by atoms with Crippen LogP contribution in [0.25, 0.3) is 0 Å². The highest BCUT2D eigenvalue weighted by molar-refractivity contribution is 9.10. The first-order chi connectivity index (χ1) is 14.1. The van der Waals surface area contributed by atoms with E-state index in [4.69, 9.17) is 14.2 Å². The minimum Gasteiger partial charge on any atom is -0.496 e. The number of rotatable bonds is 9. The summed E-state index contributed by atoms with van der Waals surface area (Å²) in [5, 5.41) is 3.44. The van der Waals surface area contributed by atoms with Crippen molar-refractivity contribution in [3.63, 3.8) is 0 Å². The van der Waals surface area contributed by atoms with E-state index >= 15 is 0 Å². The van der Waals surface area contributed by atoms with Crippen LogP contribution < -0.4 is 19.5 Å². The van der Waals surface area contributed by atoms with Crippen molar-refractivity contribution in [2.75, 3.05) is 14.2 Å². The third-order valence-corrected chi connectivity index (χ3v) is 5.24. The van der Waals surface area contributed by atoms with Crippen LogP contribution in [0.1, 0.15) is 16.7 Å². The van der Waals surface area contributed by atoms with Gasteiger partial charge in [0.2, 0.25) is 0 Å². The molecule has 0 unspecified atom stereocenters. The van der Waals surface area contributed by atoms with Crippen molar-refractivity contribution in [3.8, 4) is 17.2 Å². The number of nitrogens with one attached hydrogen (secondary N) is 1. The first-order valence-corrected chi connectivity index (χ1v) is 9.97. The average Bonchev–Trinajstić information content (AvgIpc) is 2.75. The van der Waals surface area contributed by atoms with Gasteiger partial charge in [0.25, 0.3) is 0 Å². The maximum Gasteiger partial charge on any atom is 0.167 e. The number of hydrogen-bond acceptors (Lipinski definition) is 4. The van der Waals surface area contributed by atoms with E-state index in [0.717, 1.165) is 26.9 Å². The molecule has 0 amide bonds. The molecule has 0 heterocycles. The smallest absolute Gasteiger partial charge is 0.167 e. The van der Waals surface area contributed by atoms with Crippen molar-refractivity contribution in [2.24, 2.45) is 0 Å². The first kappa shape index (κ1) is 21.1. The fourth-order valence-corrected chi connectivity index (χ4v) is 3.43. The van der Waals surface area contributed by atoms with Gasteiger partial charge in [-0.05, 0) is 35.9 Å². The number of benzene rings is 3. The lowest BCUT2D eigenvalue weighted by atomic mass is 10.1. The number of halogens is 2. The first-order valence-electron chi connectivity index (χ1n) is 9.17. The van der Waals surface area contributed by atoms with Gasteiger partial charge in [-0.25, -0.2) is 4.39 Å². The van der Waals surface area contributed by atoms with E-state index in [0.29, 0.717) is 31.2 Å². The van der Waals surface area contributed by atoms with E-state index in [-0.39, 0.29) is 5.82 Å². The van der Waals surface area contributed by atoms with Crippen molar-refractivity contribution >= 4 is 15.9 Å². The van der Waals surface area contributed by atoms with Crippen molar-refractivity contribution in [3.05, 3.63) is 87.6 Å². The Hall–Kier alpha value is -2.57. The van der Waals surface area contributed by atoms with Crippen molar-refractivity contribution in [1.82, 2.24) is 5.32 Å². The predicted octanol–water partition coefficient (Wildman–Crippen LogP) is 5.47. The minimum atomic E-state index is -0.269. The van der Waals surface area contributed by atoms with Crippen LogP contribution in [0.3, 0.4) is 0 Å². The molecular formula is C23H23BrFNO3. The summed E-state index contributed by atoms with van der Waals surface area (Å²) in [6, 6.07) is 17.9. The van der Waals surface area contributed by atoms with Gasteiger partial charge < -0.3 is 19.5 Å². The van der Waals surface area contributed by atoms with Crippen LogP contribution in [-0.4, -0.2) is 14.2 Å². The SMILES string of the molecule is COc1ccccc1CNCc1c(Br)ccc(OC)c1OCc1ccc(F)cc1. The van der Waals surface area contributed by atoms with Gasteiger partial charge in [-0.15, -0.1) is 0 Å². The van der Waals surface area contributed by atoms with Gasteiger partial charge in [-0.3, -0.25) is 0 Å². The topological polar surface area (TPSA) is 39.7 Å². The molecule has 3 aromatic rings. The van der Waals surface area contributed by atoms with Gasteiger partial charge in [0.15, 0.2) is 11.5 Å². The quantitative estimate of drug-likeness (QED) is 0.460. The second-order valence-corrected chi connectivity index (χ2v) is 7.24. The molecule has 0 aliphatic carbocycles. The van der Waals surface area contributed by atoms with E-state index in [2.05, 4.69) is 21.2 Å². The fraction of sp³-hybridized carbons (Fsp3) is 0.217. The summed E-state index contributed by atoms with van der Waals surface area (Å²) in [6.07, 6.45) is 0. The van der Waals surface area contributed by atoms with Crippen LogP contribution in [0.15, 0.2) is 65.1 Å². The molecule has 152 valence electrons. The Kier molecular flexibility index (Phi) is 7.49. The normalized spacial score (nSPS) is 10.6. The summed E-state index contributed by atoms with van der Waals surface area (Å²) in [5.74, 6) is 1.87. The van der Waals surface area contributed by atoms with Crippen LogP contribution in [0.2, 0.25) is 0 Å². The summed E-state index contributed by atoms with van der Waals surface area (Å²) in [5.41, 5.74) is 2.89. The molecule has 0 spiro atoms.